The molecule has 0 saturated carbocycles. The van der Waals surface area contributed by atoms with Gasteiger partial charge in [0.1, 0.15) is 12.4 Å². The molecule has 1 aromatic heterocycles. The molecule has 6 heteroatoms. The third kappa shape index (κ3) is 5.20. The molecule has 0 amide bonds. The molecule has 0 atom stereocenters. The lowest BCUT2D eigenvalue weighted by Gasteiger charge is -2.09. The summed E-state index contributed by atoms with van der Waals surface area (Å²) in [6.07, 6.45) is 5.12. The second-order valence-corrected chi connectivity index (χ2v) is 4.00. The second-order valence-electron chi connectivity index (χ2n) is 4.00. The number of para-hydroxylation sites is 1. The second kappa shape index (κ2) is 8.17. The molecule has 1 heterocycles. The SMILES string of the molecule is N#CNC(=Nc1cccnc1)NCCOc1ccccc1. The molecular formula is C15H15N5O. The first-order chi connectivity index (χ1) is 10.4. The number of pyridine rings is 1. The number of hydrogen-bond acceptors (Lipinski definition) is 4. The van der Waals surface area contributed by atoms with Crippen LogP contribution in [-0.2, 0) is 0 Å². The topological polar surface area (TPSA) is 82.3 Å². The van der Waals surface area contributed by atoms with Gasteiger partial charge in [0.15, 0.2) is 6.19 Å². The fourth-order valence-electron chi connectivity index (χ4n) is 1.57. The van der Waals surface area contributed by atoms with Gasteiger partial charge in [-0.05, 0) is 24.3 Å². The Labute approximate surface area is 123 Å². The summed E-state index contributed by atoms with van der Waals surface area (Å²) in [6.45, 7) is 0.978. The van der Waals surface area contributed by atoms with Crippen molar-refractivity contribution in [1.29, 1.82) is 5.26 Å². The van der Waals surface area contributed by atoms with E-state index >= 15 is 0 Å². The molecule has 0 unspecified atom stereocenters. The van der Waals surface area contributed by atoms with E-state index in [1.54, 1.807) is 24.5 Å². The highest BCUT2D eigenvalue weighted by molar-refractivity contribution is 5.83. The fourth-order valence-corrected chi connectivity index (χ4v) is 1.57. The van der Waals surface area contributed by atoms with Gasteiger partial charge in [0.25, 0.3) is 0 Å². The molecule has 106 valence electrons. The summed E-state index contributed by atoms with van der Waals surface area (Å²) in [5.41, 5.74) is 0.659. The van der Waals surface area contributed by atoms with E-state index in [4.69, 9.17) is 10.00 Å². The third-order valence-electron chi connectivity index (χ3n) is 2.47. The van der Waals surface area contributed by atoms with Crippen LogP contribution in [-0.4, -0.2) is 24.1 Å². The van der Waals surface area contributed by atoms with Gasteiger partial charge in [0.05, 0.1) is 18.4 Å². The van der Waals surface area contributed by atoms with Crippen LogP contribution >= 0.6 is 0 Å². The molecular weight excluding hydrogens is 266 g/mol. The van der Waals surface area contributed by atoms with Crippen molar-refractivity contribution < 1.29 is 4.74 Å². The summed E-state index contributed by atoms with van der Waals surface area (Å²) in [5, 5.41) is 14.2. The van der Waals surface area contributed by atoms with Crippen LogP contribution in [0.4, 0.5) is 5.69 Å². The van der Waals surface area contributed by atoms with Crippen LogP contribution in [0.2, 0.25) is 0 Å². The minimum absolute atomic E-state index is 0.363. The average molecular weight is 281 g/mol. The van der Waals surface area contributed by atoms with E-state index in [0.717, 1.165) is 5.75 Å². The number of hydrogen-bond donors (Lipinski definition) is 2. The van der Waals surface area contributed by atoms with E-state index in [2.05, 4.69) is 20.6 Å². The van der Waals surface area contributed by atoms with Crippen LogP contribution in [0.1, 0.15) is 0 Å². The summed E-state index contributed by atoms with van der Waals surface area (Å²) >= 11 is 0. The average Bonchev–Trinajstić information content (AvgIpc) is 2.54. The number of ether oxygens (including phenoxy) is 1. The highest BCUT2D eigenvalue weighted by atomic mass is 16.5. The van der Waals surface area contributed by atoms with E-state index in [1.807, 2.05) is 36.5 Å². The molecule has 0 bridgehead atoms. The molecule has 0 radical (unpaired) electrons. The first-order valence-corrected chi connectivity index (χ1v) is 6.44. The minimum Gasteiger partial charge on any atom is -0.492 e. The zero-order valence-electron chi connectivity index (χ0n) is 11.4. The molecule has 2 N–H and O–H groups in total. The Bertz CT molecular complexity index is 607. The normalized spacial score (nSPS) is 10.5. The Morgan fingerprint density at radius 3 is 2.81 bits per heavy atom. The molecule has 21 heavy (non-hydrogen) atoms. The summed E-state index contributed by atoms with van der Waals surface area (Å²) in [4.78, 5) is 8.21. The summed E-state index contributed by atoms with van der Waals surface area (Å²) in [7, 11) is 0. The van der Waals surface area contributed by atoms with Gasteiger partial charge in [-0.25, -0.2) is 4.99 Å². The quantitative estimate of drug-likeness (QED) is 0.287. The number of nitrogens with zero attached hydrogens (tertiary/aromatic N) is 3. The molecule has 2 aromatic rings. The number of aromatic nitrogens is 1. The zero-order chi connectivity index (χ0) is 14.8. The first kappa shape index (κ1) is 14.3. The summed E-state index contributed by atoms with van der Waals surface area (Å²) in [6, 6.07) is 13.1. The van der Waals surface area contributed by atoms with Crippen molar-refractivity contribution in [3.8, 4) is 11.9 Å². The zero-order valence-corrected chi connectivity index (χ0v) is 11.4. The van der Waals surface area contributed by atoms with E-state index in [0.29, 0.717) is 24.8 Å². The van der Waals surface area contributed by atoms with Crippen molar-refractivity contribution in [2.45, 2.75) is 0 Å². The lowest BCUT2D eigenvalue weighted by Crippen LogP contribution is -2.36. The van der Waals surface area contributed by atoms with Crippen LogP contribution in [0, 0.1) is 11.5 Å². The van der Waals surface area contributed by atoms with Gasteiger partial charge in [-0.3, -0.25) is 10.3 Å². The minimum atomic E-state index is 0.363. The van der Waals surface area contributed by atoms with Gasteiger partial charge in [0, 0.05) is 6.20 Å². The fraction of sp³-hybridized carbons (Fsp3) is 0.133. The molecule has 0 aliphatic rings. The molecule has 6 nitrogen and oxygen atoms in total. The monoisotopic (exact) mass is 281 g/mol. The van der Waals surface area contributed by atoms with Crippen LogP contribution in [0.5, 0.6) is 5.75 Å². The van der Waals surface area contributed by atoms with Crippen molar-refractivity contribution >= 4 is 11.6 Å². The van der Waals surface area contributed by atoms with Gasteiger partial charge in [-0.2, -0.15) is 5.26 Å². The number of aliphatic imine (C=N–C) groups is 1. The predicted molar refractivity (Wildman–Crippen MR) is 80.0 cm³/mol. The maximum Gasteiger partial charge on any atom is 0.210 e. The van der Waals surface area contributed by atoms with Crippen molar-refractivity contribution in [3.05, 3.63) is 54.9 Å². The van der Waals surface area contributed by atoms with E-state index in [-0.39, 0.29) is 0 Å². The Morgan fingerprint density at radius 1 is 1.24 bits per heavy atom. The van der Waals surface area contributed by atoms with Crippen molar-refractivity contribution in [2.75, 3.05) is 13.2 Å². The number of benzene rings is 1. The first-order valence-electron chi connectivity index (χ1n) is 6.44. The lowest BCUT2D eigenvalue weighted by atomic mass is 10.3. The number of nitrogens with one attached hydrogen (secondary N) is 2. The van der Waals surface area contributed by atoms with Crippen LogP contribution < -0.4 is 15.4 Å². The largest absolute Gasteiger partial charge is 0.492 e. The summed E-state index contributed by atoms with van der Waals surface area (Å²) in [5.74, 6) is 1.17. The van der Waals surface area contributed by atoms with Gasteiger partial charge >= 0.3 is 0 Å². The van der Waals surface area contributed by atoms with E-state index in [1.165, 1.54) is 0 Å². The predicted octanol–water partition coefficient (Wildman–Crippen LogP) is 1.81. The highest BCUT2D eigenvalue weighted by Crippen LogP contribution is 2.08. The molecule has 2 rings (SSSR count). The smallest absolute Gasteiger partial charge is 0.210 e. The third-order valence-corrected chi connectivity index (χ3v) is 2.47. The standard InChI is InChI=1S/C15H15N5O/c16-12-19-15(20-13-5-4-8-17-11-13)18-9-10-21-14-6-2-1-3-7-14/h1-8,11H,9-10H2,(H2,18,19,20). The van der Waals surface area contributed by atoms with Gasteiger partial charge in [-0.1, -0.05) is 18.2 Å². The number of guanidine groups is 1. The van der Waals surface area contributed by atoms with E-state index in [9.17, 15) is 0 Å². The summed E-state index contributed by atoms with van der Waals surface area (Å²) < 4.78 is 5.54. The van der Waals surface area contributed by atoms with Crippen LogP contribution in [0.3, 0.4) is 0 Å². The molecule has 0 aliphatic heterocycles. The molecule has 0 saturated heterocycles. The van der Waals surface area contributed by atoms with Gasteiger partial charge < -0.3 is 10.1 Å². The molecule has 0 fully saturated rings. The molecule has 0 spiro atoms. The maximum atomic E-state index is 8.72. The van der Waals surface area contributed by atoms with Crippen LogP contribution in [0.15, 0.2) is 59.9 Å². The van der Waals surface area contributed by atoms with Crippen molar-refractivity contribution in [2.24, 2.45) is 4.99 Å². The molecule has 1 aromatic carbocycles. The Morgan fingerprint density at radius 2 is 2.10 bits per heavy atom. The van der Waals surface area contributed by atoms with Crippen molar-refractivity contribution in [1.82, 2.24) is 15.6 Å². The number of rotatable bonds is 5. The van der Waals surface area contributed by atoms with Gasteiger partial charge in [0.2, 0.25) is 5.96 Å². The lowest BCUT2D eigenvalue weighted by molar-refractivity contribution is 0.322. The molecule has 0 aliphatic carbocycles. The van der Waals surface area contributed by atoms with Crippen LogP contribution in [0.25, 0.3) is 0 Å². The number of nitriles is 1. The Hall–Kier alpha value is -3.07. The van der Waals surface area contributed by atoms with E-state index < -0.39 is 0 Å². The maximum absolute atomic E-state index is 8.72. The highest BCUT2D eigenvalue weighted by Gasteiger charge is 1.98. The van der Waals surface area contributed by atoms with Crippen molar-refractivity contribution in [3.63, 3.8) is 0 Å². The van der Waals surface area contributed by atoms with Gasteiger partial charge in [-0.15, -0.1) is 0 Å². The Kier molecular flexibility index (Phi) is 5.58. The Balaban J connectivity index is 1.83.